The van der Waals surface area contributed by atoms with Gasteiger partial charge in [-0.05, 0) is 28.1 Å². The molecule has 3 N–H and O–H groups in total. The number of benzene rings is 1. The first-order valence-electron chi connectivity index (χ1n) is 4.77. The number of ether oxygens (including phenoxy) is 1. The van der Waals surface area contributed by atoms with Crippen molar-refractivity contribution in [3.05, 3.63) is 33.8 Å². The van der Waals surface area contributed by atoms with Crippen LogP contribution in [0.1, 0.15) is 5.56 Å². The van der Waals surface area contributed by atoms with Crippen LogP contribution >= 0.6 is 15.9 Å². The van der Waals surface area contributed by atoms with Crippen molar-refractivity contribution in [2.45, 2.75) is 6.54 Å². The van der Waals surface area contributed by atoms with E-state index in [9.17, 15) is 13.6 Å². The highest BCUT2D eigenvalue weighted by Gasteiger charge is 2.11. The molecular weight excluding hydrogens is 298 g/mol. The van der Waals surface area contributed by atoms with Crippen molar-refractivity contribution < 1.29 is 18.3 Å². The Bertz CT molecular complexity index is 416. The number of hydrogen-bond donors (Lipinski definition) is 2. The lowest BCUT2D eigenvalue weighted by Gasteiger charge is -2.08. The van der Waals surface area contributed by atoms with E-state index in [-0.39, 0.29) is 29.7 Å². The van der Waals surface area contributed by atoms with E-state index in [1.54, 1.807) is 0 Å². The second-order valence-corrected chi connectivity index (χ2v) is 4.02. The molecule has 1 amide bonds. The van der Waals surface area contributed by atoms with Crippen LogP contribution in [0.5, 0.6) is 0 Å². The molecule has 4 nitrogen and oxygen atoms in total. The number of nitrogens with one attached hydrogen (secondary N) is 1. The van der Waals surface area contributed by atoms with Gasteiger partial charge in [0.2, 0.25) is 0 Å². The van der Waals surface area contributed by atoms with Crippen LogP contribution < -0.4 is 11.1 Å². The van der Waals surface area contributed by atoms with E-state index in [1.807, 2.05) is 0 Å². The molecule has 1 aromatic carbocycles. The molecule has 94 valence electrons. The topological polar surface area (TPSA) is 64.4 Å². The summed E-state index contributed by atoms with van der Waals surface area (Å²) < 4.78 is 31.4. The summed E-state index contributed by atoms with van der Waals surface area (Å²) in [6, 6.07) is 2.47. The molecule has 0 aliphatic carbocycles. The Balaban J connectivity index is 2.46. The molecule has 0 aliphatic heterocycles. The fraction of sp³-hybridized carbons (Fsp3) is 0.300. The van der Waals surface area contributed by atoms with Gasteiger partial charge in [-0.1, -0.05) is 0 Å². The summed E-state index contributed by atoms with van der Waals surface area (Å²) in [6.45, 7) is 0.306. The third-order valence-electron chi connectivity index (χ3n) is 1.96. The van der Waals surface area contributed by atoms with Gasteiger partial charge in [-0.25, -0.2) is 13.6 Å². The summed E-state index contributed by atoms with van der Waals surface area (Å²) in [4.78, 5) is 10.2. The Morgan fingerprint density at radius 2 is 2.18 bits per heavy atom. The summed E-state index contributed by atoms with van der Waals surface area (Å²) >= 11 is 2.97. The van der Waals surface area contributed by atoms with Crippen molar-refractivity contribution in [1.82, 2.24) is 5.32 Å². The molecule has 0 saturated heterocycles. The summed E-state index contributed by atoms with van der Waals surface area (Å²) in [5.74, 6) is -1.28. The molecule has 0 atom stereocenters. The van der Waals surface area contributed by atoms with Crippen LogP contribution in [-0.2, 0) is 11.3 Å². The number of primary amides is 1. The maximum Gasteiger partial charge on any atom is 0.404 e. The molecule has 0 aliphatic rings. The van der Waals surface area contributed by atoms with Crippen molar-refractivity contribution in [3.63, 3.8) is 0 Å². The number of carbonyl (C=O) groups is 1. The second-order valence-electron chi connectivity index (χ2n) is 3.17. The highest BCUT2D eigenvalue weighted by molar-refractivity contribution is 9.10. The largest absolute Gasteiger partial charge is 0.448 e. The molecule has 0 radical (unpaired) electrons. The van der Waals surface area contributed by atoms with Crippen LogP contribution in [-0.4, -0.2) is 19.2 Å². The SMILES string of the molecule is NC(=O)OCCNCc1c(F)ccc(Br)c1F. The van der Waals surface area contributed by atoms with Crippen LogP contribution in [0.3, 0.4) is 0 Å². The van der Waals surface area contributed by atoms with E-state index in [0.29, 0.717) is 0 Å². The number of amides is 1. The molecule has 0 fully saturated rings. The van der Waals surface area contributed by atoms with Crippen molar-refractivity contribution in [1.29, 1.82) is 0 Å². The normalized spacial score (nSPS) is 10.3. The van der Waals surface area contributed by atoms with E-state index in [1.165, 1.54) is 12.1 Å². The monoisotopic (exact) mass is 308 g/mol. The number of nitrogens with two attached hydrogens (primary N) is 1. The first kappa shape index (κ1) is 13.9. The molecule has 17 heavy (non-hydrogen) atoms. The average molecular weight is 309 g/mol. The smallest absolute Gasteiger partial charge is 0.404 e. The fourth-order valence-electron chi connectivity index (χ4n) is 1.17. The molecule has 0 spiro atoms. The summed E-state index contributed by atoms with van der Waals surface area (Å²) in [7, 11) is 0. The Morgan fingerprint density at radius 1 is 1.47 bits per heavy atom. The van der Waals surface area contributed by atoms with E-state index < -0.39 is 17.7 Å². The Kier molecular flexibility index (Phi) is 5.30. The van der Waals surface area contributed by atoms with Crippen LogP contribution in [0, 0.1) is 11.6 Å². The van der Waals surface area contributed by atoms with Crippen LogP contribution in [0.2, 0.25) is 0 Å². The average Bonchev–Trinajstić information content (AvgIpc) is 2.27. The summed E-state index contributed by atoms with van der Waals surface area (Å²) in [5.41, 5.74) is 4.67. The first-order chi connectivity index (χ1) is 8.02. The summed E-state index contributed by atoms with van der Waals surface area (Å²) in [5, 5.41) is 2.73. The third kappa shape index (κ3) is 4.27. The number of halogens is 3. The maximum atomic E-state index is 13.5. The van der Waals surface area contributed by atoms with Gasteiger partial charge in [0.05, 0.1) is 4.47 Å². The zero-order chi connectivity index (χ0) is 12.8. The van der Waals surface area contributed by atoms with E-state index in [2.05, 4.69) is 26.0 Å². The van der Waals surface area contributed by atoms with Gasteiger partial charge in [-0.3, -0.25) is 0 Å². The zero-order valence-electron chi connectivity index (χ0n) is 8.80. The van der Waals surface area contributed by atoms with Gasteiger partial charge < -0.3 is 15.8 Å². The van der Waals surface area contributed by atoms with Crippen LogP contribution in [0.15, 0.2) is 16.6 Å². The number of hydrogen-bond acceptors (Lipinski definition) is 3. The molecule has 1 rings (SSSR count). The van der Waals surface area contributed by atoms with E-state index in [0.717, 1.165) is 0 Å². The first-order valence-corrected chi connectivity index (χ1v) is 5.57. The van der Waals surface area contributed by atoms with Crippen LogP contribution in [0.4, 0.5) is 13.6 Å². The lowest BCUT2D eigenvalue weighted by molar-refractivity contribution is 0.157. The molecule has 0 bridgehead atoms. The quantitative estimate of drug-likeness (QED) is 0.645. The van der Waals surface area contributed by atoms with Crippen molar-refractivity contribution >= 4 is 22.0 Å². The highest BCUT2D eigenvalue weighted by Crippen LogP contribution is 2.21. The Morgan fingerprint density at radius 3 is 2.82 bits per heavy atom. The molecule has 0 unspecified atom stereocenters. The Labute approximate surface area is 105 Å². The van der Waals surface area contributed by atoms with Gasteiger partial charge in [0.25, 0.3) is 0 Å². The number of rotatable bonds is 5. The highest BCUT2D eigenvalue weighted by atomic mass is 79.9. The zero-order valence-corrected chi connectivity index (χ0v) is 10.4. The van der Waals surface area contributed by atoms with E-state index in [4.69, 9.17) is 5.73 Å². The van der Waals surface area contributed by atoms with Crippen molar-refractivity contribution in [2.24, 2.45) is 5.73 Å². The molecule has 1 aromatic rings. The van der Waals surface area contributed by atoms with Gasteiger partial charge >= 0.3 is 6.09 Å². The van der Waals surface area contributed by atoms with Crippen molar-refractivity contribution in [2.75, 3.05) is 13.2 Å². The van der Waals surface area contributed by atoms with Gasteiger partial charge in [0.1, 0.15) is 18.2 Å². The summed E-state index contributed by atoms with van der Waals surface area (Å²) in [6.07, 6.45) is -0.883. The van der Waals surface area contributed by atoms with E-state index >= 15 is 0 Å². The van der Waals surface area contributed by atoms with Gasteiger partial charge in [0.15, 0.2) is 0 Å². The maximum absolute atomic E-state index is 13.5. The predicted molar refractivity (Wildman–Crippen MR) is 61.3 cm³/mol. The van der Waals surface area contributed by atoms with Gasteiger partial charge in [-0.15, -0.1) is 0 Å². The minimum atomic E-state index is -0.883. The van der Waals surface area contributed by atoms with Crippen LogP contribution in [0.25, 0.3) is 0 Å². The molecule has 0 aromatic heterocycles. The molecule has 7 heteroatoms. The lowest BCUT2D eigenvalue weighted by atomic mass is 10.2. The van der Waals surface area contributed by atoms with Crippen molar-refractivity contribution in [3.8, 4) is 0 Å². The van der Waals surface area contributed by atoms with Gasteiger partial charge in [0, 0.05) is 18.7 Å². The minimum absolute atomic E-state index is 0.000765. The fourth-order valence-corrected chi connectivity index (χ4v) is 1.54. The standard InChI is InChI=1S/C10H11BrF2N2O2/c11-7-1-2-8(12)6(9(7)13)5-15-3-4-17-10(14)16/h1-2,15H,3-5H2,(H2,14,16). The lowest BCUT2D eigenvalue weighted by Crippen LogP contribution is -2.24. The third-order valence-corrected chi connectivity index (χ3v) is 2.58. The van der Waals surface area contributed by atoms with Gasteiger partial charge in [-0.2, -0.15) is 0 Å². The number of carbonyl (C=O) groups excluding carboxylic acids is 1. The molecule has 0 saturated carbocycles. The predicted octanol–water partition coefficient (Wildman–Crippen LogP) is 1.91. The Hall–Kier alpha value is -1.21. The molecular formula is C10H11BrF2N2O2. The minimum Gasteiger partial charge on any atom is -0.448 e. The second kappa shape index (κ2) is 6.51. The molecule has 0 heterocycles.